The molecule has 0 bridgehead atoms. The number of benzene rings is 4. The average molecular weight is 630 g/mol. The lowest BCUT2D eigenvalue weighted by atomic mass is 9.77. The van der Waals surface area contributed by atoms with Gasteiger partial charge in [-0.2, -0.15) is 0 Å². The Labute approximate surface area is 281 Å². The monoisotopic (exact) mass is 629 g/mol. The number of ether oxygens (including phenoxy) is 2. The van der Waals surface area contributed by atoms with Gasteiger partial charge in [-0.3, -0.25) is 4.99 Å². The van der Waals surface area contributed by atoms with E-state index in [0.717, 1.165) is 73.3 Å². The Kier molecular flexibility index (Phi) is 11.7. The Bertz CT molecular complexity index is 1580. The number of unbranched alkanes of at least 4 members (excludes halogenated alkanes) is 5. The van der Waals surface area contributed by atoms with Crippen molar-refractivity contribution < 1.29 is 14.6 Å². The summed E-state index contributed by atoms with van der Waals surface area (Å²) in [5.74, 6) is 3.54. The molecule has 4 nitrogen and oxygen atoms in total. The molecule has 0 spiro atoms. The summed E-state index contributed by atoms with van der Waals surface area (Å²) in [6, 6.07) is 31.5. The Morgan fingerprint density at radius 3 is 2.02 bits per heavy atom. The van der Waals surface area contributed by atoms with Crippen LogP contribution in [-0.2, 0) is 6.42 Å². The van der Waals surface area contributed by atoms with Gasteiger partial charge in [0.25, 0.3) is 0 Å². The number of hydrogen-bond acceptors (Lipinski definition) is 4. The van der Waals surface area contributed by atoms with Crippen molar-refractivity contribution in [1.82, 2.24) is 0 Å². The number of nitrogens with zero attached hydrogens (tertiary/aromatic N) is 1. The summed E-state index contributed by atoms with van der Waals surface area (Å²) in [5, 5.41) is 10.6. The van der Waals surface area contributed by atoms with E-state index in [-0.39, 0.29) is 5.75 Å². The Morgan fingerprint density at radius 2 is 1.34 bits per heavy atom. The van der Waals surface area contributed by atoms with Gasteiger partial charge < -0.3 is 14.6 Å². The van der Waals surface area contributed by atoms with Crippen molar-refractivity contribution in [3.05, 3.63) is 108 Å². The van der Waals surface area contributed by atoms with Gasteiger partial charge in [0, 0.05) is 18.1 Å². The molecule has 0 aromatic heterocycles. The standard InChI is InChI=1S/C43H51NO3/c1-2-3-6-11-32-14-16-33(17-15-32)34-18-20-35(21-19-34)36-22-24-38(25-23-36)46-28-9-4-5-10-29-47-39-26-27-40(43(45)31-39)42-30-37-12-7-8-13-41(37)44-42/h7-8,12-13,18-27,31-33,45H,2-6,9-11,14-17,28-30H2,1H3. The van der Waals surface area contributed by atoms with E-state index < -0.39 is 0 Å². The van der Waals surface area contributed by atoms with E-state index in [1.54, 1.807) is 6.07 Å². The number of hydrogen-bond donors (Lipinski definition) is 1. The van der Waals surface area contributed by atoms with Crippen LogP contribution in [-0.4, -0.2) is 24.0 Å². The summed E-state index contributed by atoms with van der Waals surface area (Å²) in [6.45, 7) is 3.65. The first-order valence-electron chi connectivity index (χ1n) is 18.1. The van der Waals surface area contributed by atoms with Crippen LogP contribution in [0.1, 0.15) is 107 Å². The molecule has 0 unspecified atom stereocenters. The molecule has 0 atom stereocenters. The van der Waals surface area contributed by atoms with Gasteiger partial charge in [0.05, 0.1) is 24.6 Å². The van der Waals surface area contributed by atoms with Gasteiger partial charge in [0.2, 0.25) is 0 Å². The molecule has 6 rings (SSSR count). The zero-order valence-electron chi connectivity index (χ0n) is 28.1. The van der Waals surface area contributed by atoms with E-state index in [2.05, 4.69) is 66.5 Å². The highest BCUT2D eigenvalue weighted by atomic mass is 16.5. The first-order valence-corrected chi connectivity index (χ1v) is 18.1. The molecule has 1 saturated carbocycles. The van der Waals surface area contributed by atoms with Crippen molar-refractivity contribution in [2.45, 2.75) is 96.3 Å². The van der Waals surface area contributed by atoms with Crippen LogP contribution in [0.5, 0.6) is 17.2 Å². The lowest BCUT2D eigenvalue weighted by Crippen LogP contribution is -2.13. The van der Waals surface area contributed by atoms with Crippen molar-refractivity contribution in [2.24, 2.45) is 10.9 Å². The van der Waals surface area contributed by atoms with Gasteiger partial charge in [-0.1, -0.05) is 87.2 Å². The number of para-hydroxylation sites is 1. The molecule has 1 N–H and O–H groups in total. The van der Waals surface area contributed by atoms with Gasteiger partial charge in [0.15, 0.2) is 0 Å². The summed E-state index contributed by atoms with van der Waals surface area (Å²) < 4.78 is 11.9. The molecule has 4 heteroatoms. The summed E-state index contributed by atoms with van der Waals surface area (Å²) >= 11 is 0. The summed E-state index contributed by atoms with van der Waals surface area (Å²) in [7, 11) is 0. The maximum Gasteiger partial charge on any atom is 0.128 e. The zero-order valence-corrected chi connectivity index (χ0v) is 28.1. The summed E-state index contributed by atoms with van der Waals surface area (Å²) in [6.07, 6.45) is 16.0. The van der Waals surface area contributed by atoms with Crippen LogP contribution >= 0.6 is 0 Å². The van der Waals surface area contributed by atoms with Gasteiger partial charge in [-0.15, -0.1) is 0 Å². The van der Waals surface area contributed by atoms with E-state index in [1.807, 2.05) is 30.3 Å². The number of phenolic OH excluding ortho intramolecular Hbond substituents is 1. The number of aromatic hydroxyl groups is 1. The molecule has 4 aromatic rings. The van der Waals surface area contributed by atoms with Crippen molar-refractivity contribution >= 4 is 11.4 Å². The summed E-state index contributed by atoms with van der Waals surface area (Å²) in [5.41, 5.74) is 7.89. The Morgan fingerprint density at radius 1 is 0.681 bits per heavy atom. The normalized spacial score (nSPS) is 17.3. The van der Waals surface area contributed by atoms with E-state index in [0.29, 0.717) is 12.4 Å². The molecule has 0 amide bonds. The highest BCUT2D eigenvalue weighted by molar-refractivity contribution is 6.08. The van der Waals surface area contributed by atoms with Gasteiger partial charge in [-0.25, -0.2) is 0 Å². The van der Waals surface area contributed by atoms with E-state index in [4.69, 9.17) is 9.47 Å². The molecule has 1 aliphatic heterocycles. The number of rotatable bonds is 16. The fraction of sp³-hybridized carbons (Fsp3) is 0.419. The number of phenols is 1. The second-order valence-corrected chi connectivity index (χ2v) is 13.5. The molecule has 47 heavy (non-hydrogen) atoms. The zero-order chi connectivity index (χ0) is 32.3. The average Bonchev–Trinajstić information content (AvgIpc) is 3.54. The molecule has 0 radical (unpaired) electrons. The first kappa shape index (κ1) is 32.9. The molecule has 1 fully saturated rings. The molecule has 4 aromatic carbocycles. The summed E-state index contributed by atoms with van der Waals surface area (Å²) in [4.78, 5) is 4.69. The lowest BCUT2D eigenvalue weighted by molar-refractivity contribution is 0.287. The van der Waals surface area contributed by atoms with Crippen LogP contribution in [0.4, 0.5) is 5.69 Å². The van der Waals surface area contributed by atoms with Gasteiger partial charge >= 0.3 is 0 Å². The van der Waals surface area contributed by atoms with E-state index in [1.165, 1.54) is 73.6 Å². The van der Waals surface area contributed by atoms with Crippen LogP contribution in [0, 0.1) is 5.92 Å². The predicted octanol–water partition coefficient (Wildman–Crippen LogP) is 11.6. The second-order valence-electron chi connectivity index (χ2n) is 13.5. The molecular formula is C43H51NO3. The third kappa shape index (κ3) is 9.06. The first-order chi connectivity index (χ1) is 23.2. The van der Waals surface area contributed by atoms with Crippen LogP contribution < -0.4 is 9.47 Å². The topological polar surface area (TPSA) is 51.0 Å². The maximum atomic E-state index is 10.6. The Hall–Kier alpha value is -4.05. The van der Waals surface area contributed by atoms with Gasteiger partial charge in [0.1, 0.15) is 17.2 Å². The highest BCUT2D eigenvalue weighted by Gasteiger charge is 2.22. The fourth-order valence-corrected chi connectivity index (χ4v) is 7.23. The molecule has 2 aliphatic rings. The quantitative estimate of drug-likeness (QED) is 0.125. The number of aliphatic imine (C=N–C) groups is 1. The SMILES string of the molecule is CCCCCC1CCC(c2ccc(-c3ccc(OCCCCCCOc4ccc(C5=Nc6ccccc6C5)c(O)c4)cc3)cc2)CC1. The van der Waals surface area contributed by atoms with Gasteiger partial charge in [-0.05, 0) is 116 Å². The molecule has 1 aliphatic carbocycles. The molecule has 1 heterocycles. The minimum Gasteiger partial charge on any atom is -0.507 e. The van der Waals surface area contributed by atoms with E-state index >= 15 is 0 Å². The predicted molar refractivity (Wildman–Crippen MR) is 195 cm³/mol. The Balaban J connectivity index is 0.846. The van der Waals surface area contributed by atoms with Crippen molar-refractivity contribution in [1.29, 1.82) is 0 Å². The second kappa shape index (κ2) is 16.7. The third-order valence-corrected chi connectivity index (χ3v) is 10.1. The lowest BCUT2D eigenvalue weighted by Gasteiger charge is -2.29. The van der Waals surface area contributed by atoms with Crippen LogP contribution in [0.3, 0.4) is 0 Å². The van der Waals surface area contributed by atoms with E-state index in [9.17, 15) is 5.11 Å². The molecule has 246 valence electrons. The van der Waals surface area contributed by atoms with Crippen LogP contribution in [0.15, 0.2) is 96.0 Å². The highest BCUT2D eigenvalue weighted by Crippen LogP contribution is 2.38. The van der Waals surface area contributed by atoms with Crippen molar-refractivity contribution in [3.63, 3.8) is 0 Å². The molecule has 0 saturated heterocycles. The number of fused-ring (bicyclic) bond motifs is 1. The third-order valence-electron chi connectivity index (χ3n) is 10.1. The fourth-order valence-electron chi connectivity index (χ4n) is 7.23. The maximum absolute atomic E-state index is 10.6. The van der Waals surface area contributed by atoms with Crippen LogP contribution in [0.2, 0.25) is 0 Å². The largest absolute Gasteiger partial charge is 0.507 e. The minimum atomic E-state index is 0.220. The van der Waals surface area contributed by atoms with Crippen LogP contribution in [0.25, 0.3) is 11.1 Å². The smallest absolute Gasteiger partial charge is 0.128 e. The molecular weight excluding hydrogens is 578 g/mol. The van der Waals surface area contributed by atoms with Crippen molar-refractivity contribution in [2.75, 3.05) is 13.2 Å². The van der Waals surface area contributed by atoms with Crippen molar-refractivity contribution in [3.8, 4) is 28.4 Å². The minimum absolute atomic E-state index is 0.220.